The summed E-state index contributed by atoms with van der Waals surface area (Å²) in [6.45, 7) is 6.77. The second-order valence-corrected chi connectivity index (χ2v) is 9.73. The minimum atomic E-state index is -0.448. The lowest BCUT2D eigenvalue weighted by Crippen LogP contribution is -2.28. The van der Waals surface area contributed by atoms with Gasteiger partial charge in [-0.1, -0.05) is 43.7 Å². The monoisotopic (exact) mass is 405 g/mol. The Balaban J connectivity index is 1.77. The first kappa shape index (κ1) is 18.6. The second-order valence-electron chi connectivity index (χ2n) is 8.24. The summed E-state index contributed by atoms with van der Waals surface area (Å²) < 4.78 is 15.3. The van der Waals surface area contributed by atoms with E-state index in [9.17, 15) is 9.18 Å². The maximum Gasteiger partial charge on any atom is 0.279 e. The predicted octanol–water partition coefficient (Wildman–Crippen LogP) is 4.84. The van der Waals surface area contributed by atoms with Gasteiger partial charge >= 0.3 is 0 Å². The molecule has 1 aliphatic carbocycles. The van der Waals surface area contributed by atoms with Gasteiger partial charge in [0.2, 0.25) is 0 Å². The van der Waals surface area contributed by atoms with Crippen molar-refractivity contribution in [1.29, 1.82) is 0 Å². The molecule has 1 aliphatic rings. The van der Waals surface area contributed by atoms with Gasteiger partial charge in [-0.05, 0) is 48.3 Å². The van der Waals surface area contributed by atoms with Gasteiger partial charge in [0.1, 0.15) is 5.82 Å². The highest BCUT2D eigenvalue weighted by Crippen LogP contribution is 2.41. The Morgan fingerprint density at radius 1 is 1.37 bits per heavy atom. The van der Waals surface area contributed by atoms with E-state index in [0.29, 0.717) is 16.1 Å². The van der Waals surface area contributed by atoms with Crippen LogP contribution in [-0.2, 0) is 19.4 Å². The van der Waals surface area contributed by atoms with Gasteiger partial charge in [-0.25, -0.2) is 9.07 Å². The molecule has 1 aromatic carbocycles. The van der Waals surface area contributed by atoms with Crippen LogP contribution in [-0.4, -0.2) is 15.0 Å². The number of hydrogen-bond acceptors (Lipinski definition) is 4. The molecule has 4 nitrogen and oxygen atoms in total. The van der Waals surface area contributed by atoms with Crippen molar-refractivity contribution in [3.8, 4) is 0 Å². The van der Waals surface area contributed by atoms with Crippen LogP contribution < -0.4 is 5.56 Å². The van der Waals surface area contributed by atoms with Gasteiger partial charge in [0.15, 0.2) is 4.83 Å². The van der Waals surface area contributed by atoms with Crippen LogP contribution in [0.25, 0.3) is 10.2 Å². The van der Waals surface area contributed by atoms with Gasteiger partial charge in [0.25, 0.3) is 5.56 Å². The van der Waals surface area contributed by atoms with E-state index in [0.717, 1.165) is 24.8 Å². The number of hydrogen-bond donors (Lipinski definition) is 0. The number of aryl methyl sites for hydroxylation is 1. The average molecular weight is 406 g/mol. The number of fused-ring (bicyclic) bond motifs is 3. The molecule has 0 spiro atoms. The Labute approximate surface area is 166 Å². The van der Waals surface area contributed by atoms with Crippen LogP contribution in [0.5, 0.6) is 0 Å². The van der Waals surface area contributed by atoms with Crippen molar-refractivity contribution < 1.29 is 4.39 Å². The van der Waals surface area contributed by atoms with E-state index < -0.39 is 5.82 Å². The molecule has 142 valence electrons. The number of nitrogens with zero attached hydrogens (tertiary/aromatic N) is 3. The minimum Gasteiger partial charge on any atom is -0.267 e. The quantitative estimate of drug-likeness (QED) is 0.612. The van der Waals surface area contributed by atoms with Gasteiger partial charge in [-0.3, -0.25) is 4.79 Å². The molecule has 7 heteroatoms. The molecule has 0 saturated heterocycles. The molecule has 2 aromatic heterocycles. The number of rotatable bonds is 2. The standard InChI is InChI=1S/C20H21ClFN3OS/c1-20(2,3)11-7-8-12-16(9-11)27-18-17(12)19(26)25(24-23-18)10-13-14(21)5-4-6-15(13)22/h4-6,11H,7-10H2,1-3H3. The Bertz CT molecular complexity index is 1060. The number of halogens is 2. The van der Waals surface area contributed by atoms with Gasteiger partial charge < -0.3 is 0 Å². The van der Waals surface area contributed by atoms with Crippen molar-refractivity contribution in [3.05, 3.63) is 55.4 Å². The fraction of sp³-hybridized carbons (Fsp3) is 0.450. The summed E-state index contributed by atoms with van der Waals surface area (Å²) in [5.74, 6) is 0.141. The first-order chi connectivity index (χ1) is 12.8. The van der Waals surface area contributed by atoms with Gasteiger partial charge in [0, 0.05) is 15.5 Å². The van der Waals surface area contributed by atoms with Crippen molar-refractivity contribution in [3.63, 3.8) is 0 Å². The SMILES string of the molecule is CC(C)(C)C1CCc2c(sc3nnn(Cc4c(F)cccc4Cl)c(=O)c23)C1. The number of benzene rings is 1. The molecule has 4 rings (SSSR count). The largest absolute Gasteiger partial charge is 0.279 e. The Hall–Kier alpha value is -1.79. The average Bonchev–Trinajstić information content (AvgIpc) is 2.97. The van der Waals surface area contributed by atoms with E-state index in [1.807, 2.05) is 0 Å². The van der Waals surface area contributed by atoms with Crippen LogP contribution in [0, 0.1) is 17.2 Å². The smallest absolute Gasteiger partial charge is 0.267 e. The van der Waals surface area contributed by atoms with Crippen molar-refractivity contribution >= 4 is 33.2 Å². The number of thiophene rings is 1. The van der Waals surface area contributed by atoms with Gasteiger partial charge in [-0.15, -0.1) is 16.4 Å². The highest BCUT2D eigenvalue weighted by atomic mass is 35.5. The minimum absolute atomic E-state index is 0.0253. The van der Waals surface area contributed by atoms with E-state index in [1.165, 1.54) is 15.6 Å². The molecule has 0 N–H and O–H groups in total. The summed E-state index contributed by atoms with van der Waals surface area (Å²) >= 11 is 7.67. The third-order valence-corrected chi connectivity index (χ3v) is 7.03. The summed E-state index contributed by atoms with van der Waals surface area (Å²) in [7, 11) is 0. The van der Waals surface area contributed by atoms with E-state index in [-0.39, 0.29) is 28.1 Å². The molecule has 0 bridgehead atoms. The molecule has 0 amide bonds. The Morgan fingerprint density at radius 2 is 2.15 bits per heavy atom. The zero-order valence-corrected chi connectivity index (χ0v) is 17.1. The van der Waals surface area contributed by atoms with Crippen LogP contribution in [0.4, 0.5) is 4.39 Å². The van der Waals surface area contributed by atoms with Gasteiger partial charge in [0.05, 0.1) is 11.9 Å². The zero-order chi connectivity index (χ0) is 19.3. The summed E-state index contributed by atoms with van der Waals surface area (Å²) in [5.41, 5.74) is 1.38. The Morgan fingerprint density at radius 3 is 2.85 bits per heavy atom. The lowest BCUT2D eigenvalue weighted by Gasteiger charge is -2.33. The van der Waals surface area contributed by atoms with E-state index >= 15 is 0 Å². The highest BCUT2D eigenvalue weighted by Gasteiger charge is 2.32. The van der Waals surface area contributed by atoms with E-state index in [1.54, 1.807) is 23.5 Å². The summed E-state index contributed by atoms with van der Waals surface area (Å²) in [5, 5.41) is 9.22. The fourth-order valence-corrected chi connectivity index (χ4v) is 5.26. The van der Waals surface area contributed by atoms with Crippen LogP contribution in [0.15, 0.2) is 23.0 Å². The molecule has 2 heterocycles. The number of aromatic nitrogens is 3. The molecular weight excluding hydrogens is 385 g/mol. The summed E-state index contributed by atoms with van der Waals surface area (Å²) in [6, 6.07) is 4.48. The maximum absolute atomic E-state index is 14.1. The molecule has 1 atom stereocenters. The molecule has 0 aliphatic heterocycles. The van der Waals surface area contributed by atoms with Crippen LogP contribution in [0.1, 0.15) is 43.2 Å². The van der Waals surface area contributed by atoms with Gasteiger partial charge in [-0.2, -0.15) is 0 Å². The first-order valence-electron chi connectivity index (χ1n) is 9.06. The van der Waals surface area contributed by atoms with Crippen LogP contribution in [0.3, 0.4) is 0 Å². The second kappa shape index (κ2) is 6.67. The van der Waals surface area contributed by atoms with Crippen molar-refractivity contribution in [2.24, 2.45) is 11.3 Å². The highest BCUT2D eigenvalue weighted by molar-refractivity contribution is 7.18. The van der Waals surface area contributed by atoms with E-state index in [2.05, 4.69) is 31.1 Å². The summed E-state index contributed by atoms with van der Waals surface area (Å²) in [4.78, 5) is 15.0. The lowest BCUT2D eigenvalue weighted by molar-refractivity contribution is 0.218. The third-order valence-electron chi connectivity index (χ3n) is 5.53. The topological polar surface area (TPSA) is 47.8 Å². The van der Waals surface area contributed by atoms with Crippen molar-refractivity contribution in [1.82, 2.24) is 15.0 Å². The molecule has 0 fully saturated rings. The molecule has 0 saturated carbocycles. The van der Waals surface area contributed by atoms with Crippen molar-refractivity contribution in [2.45, 2.75) is 46.6 Å². The molecular formula is C20H21ClFN3OS. The lowest BCUT2D eigenvalue weighted by atomic mass is 9.72. The zero-order valence-electron chi connectivity index (χ0n) is 15.6. The molecule has 0 radical (unpaired) electrons. The maximum atomic E-state index is 14.1. The third kappa shape index (κ3) is 3.29. The molecule has 1 unspecified atom stereocenters. The van der Waals surface area contributed by atoms with Crippen LogP contribution in [0.2, 0.25) is 5.02 Å². The molecule has 27 heavy (non-hydrogen) atoms. The Kier molecular flexibility index (Phi) is 4.59. The van der Waals surface area contributed by atoms with E-state index in [4.69, 9.17) is 11.6 Å². The van der Waals surface area contributed by atoms with Crippen molar-refractivity contribution in [2.75, 3.05) is 0 Å². The first-order valence-corrected chi connectivity index (χ1v) is 10.3. The van der Waals surface area contributed by atoms with Crippen LogP contribution >= 0.6 is 22.9 Å². The fourth-order valence-electron chi connectivity index (χ4n) is 3.80. The summed E-state index contributed by atoms with van der Waals surface area (Å²) in [6.07, 6.45) is 2.90. The predicted molar refractivity (Wildman–Crippen MR) is 107 cm³/mol. The normalized spacial score (nSPS) is 17.3. The molecule has 3 aromatic rings.